The molecule has 0 aromatic carbocycles. The smallest absolute Gasteiger partial charge is 0.323 e. The standard InChI is InChI=1S/C16H30N2O3/c1-12(2)11-18(8-9-21-3)14-6-7-16(10-14,15(19)20)17-13-4-5-13/h12-14,17H,4-11H2,1-3H3,(H,19,20). The van der Waals surface area contributed by atoms with Crippen LogP contribution in [0.5, 0.6) is 0 Å². The lowest BCUT2D eigenvalue weighted by atomic mass is 9.97. The van der Waals surface area contributed by atoms with Gasteiger partial charge in [0.25, 0.3) is 0 Å². The molecule has 2 aliphatic rings. The third-order valence-corrected chi connectivity index (χ3v) is 4.65. The average Bonchev–Trinajstić information content (AvgIpc) is 3.11. The highest BCUT2D eigenvalue weighted by Crippen LogP contribution is 2.36. The first-order chi connectivity index (χ1) is 9.97. The minimum Gasteiger partial charge on any atom is -0.480 e. The van der Waals surface area contributed by atoms with Gasteiger partial charge in [-0.3, -0.25) is 15.0 Å². The van der Waals surface area contributed by atoms with E-state index in [4.69, 9.17) is 4.74 Å². The molecule has 2 unspecified atom stereocenters. The summed E-state index contributed by atoms with van der Waals surface area (Å²) in [5.74, 6) is -0.0915. The van der Waals surface area contributed by atoms with E-state index in [1.54, 1.807) is 7.11 Å². The fourth-order valence-corrected chi connectivity index (χ4v) is 3.44. The molecule has 0 aromatic heterocycles. The van der Waals surface area contributed by atoms with E-state index < -0.39 is 11.5 Å². The van der Waals surface area contributed by atoms with E-state index in [2.05, 4.69) is 24.1 Å². The zero-order valence-electron chi connectivity index (χ0n) is 13.6. The van der Waals surface area contributed by atoms with E-state index >= 15 is 0 Å². The summed E-state index contributed by atoms with van der Waals surface area (Å²) in [5, 5.41) is 13.1. The number of hydrogen-bond acceptors (Lipinski definition) is 4. The molecular weight excluding hydrogens is 268 g/mol. The molecule has 0 spiro atoms. The Hall–Kier alpha value is -0.650. The molecule has 0 bridgehead atoms. The minimum absolute atomic E-state index is 0.352. The topological polar surface area (TPSA) is 61.8 Å². The van der Waals surface area contributed by atoms with E-state index in [-0.39, 0.29) is 0 Å². The fourth-order valence-electron chi connectivity index (χ4n) is 3.44. The maximum absolute atomic E-state index is 11.8. The second-order valence-corrected chi connectivity index (χ2v) is 7.08. The molecule has 0 saturated heterocycles. The number of ether oxygens (including phenoxy) is 1. The second kappa shape index (κ2) is 7.07. The summed E-state index contributed by atoms with van der Waals surface area (Å²) in [4.78, 5) is 14.2. The first kappa shape index (κ1) is 16.7. The van der Waals surface area contributed by atoms with Crippen LogP contribution >= 0.6 is 0 Å². The van der Waals surface area contributed by atoms with Crippen LogP contribution in [-0.4, -0.2) is 60.4 Å². The van der Waals surface area contributed by atoms with Crippen LogP contribution in [-0.2, 0) is 9.53 Å². The summed E-state index contributed by atoms with van der Waals surface area (Å²) in [6, 6.07) is 0.780. The molecule has 0 radical (unpaired) electrons. The molecule has 122 valence electrons. The van der Waals surface area contributed by atoms with Crippen molar-refractivity contribution in [2.24, 2.45) is 5.92 Å². The lowest BCUT2D eigenvalue weighted by Gasteiger charge is -2.32. The third-order valence-electron chi connectivity index (χ3n) is 4.65. The molecule has 2 atom stereocenters. The van der Waals surface area contributed by atoms with Crippen molar-refractivity contribution in [3.8, 4) is 0 Å². The van der Waals surface area contributed by atoms with Crippen LogP contribution in [0.3, 0.4) is 0 Å². The van der Waals surface area contributed by atoms with E-state index in [9.17, 15) is 9.90 Å². The zero-order chi connectivity index (χ0) is 15.5. The summed E-state index contributed by atoms with van der Waals surface area (Å²) in [6.07, 6.45) is 4.67. The normalized spacial score (nSPS) is 29.5. The molecule has 0 heterocycles. The average molecular weight is 298 g/mol. The molecule has 0 amide bonds. The molecule has 21 heavy (non-hydrogen) atoms. The number of nitrogens with zero attached hydrogens (tertiary/aromatic N) is 1. The number of methoxy groups -OCH3 is 1. The summed E-state index contributed by atoms with van der Waals surface area (Å²) in [7, 11) is 1.72. The summed E-state index contributed by atoms with van der Waals surface area (Å²) < 4.78 is 5.21. The van der Waals surface area contributed by atoms with Crippen LogP contribution in [0.4, 0.5) is 0 Å². The first-order valence-electron chi connectivity index (χ1n) is 8.21. The largest absolute Gasteiger partial charge is 0.480 e. The number of carbonyl (C=O) groups is 1. The van der Waals surface area contributed by atoms with Gasteiger partial charge in [-0.2, -0.15) is 0 Å². The second-order valence-electron chi connectivity index (χ2n) is 7.08. The molecular formula is C16H30N2O3. The lowest BCUT2D eigenvalue weighted by Crippen LogP contribution is -2.52. The Balaban J connectivity index is 1.99. The Bertz CT molecular complexity index is 357. The Morgan fingerprint density at radius 1 is 1.43 bits per heavy atom. The Labute approximate surface area is 128 Å². The van der Waals surface area contributed by atoms with E-state index in [0.29, 0.717) is 24.6 Å². The Morgan fingerprint density at radius 2 is 2.14 bits per heavy atom. The van der Waals surface area contributed by atoms with E-state index in [0.717, 1.165) is 45.2 Å². The summed E-state index contributed by atoms with van der Waals surface area (Å²) in [5.41, 5.74) is -0.700. The van der Waals surface area contributed by atoms with Gasteiger partial charge in [0.2, 0.25) is 0 Å². The van der Waals surface area contributed by atoms with Crippen LogP contribution in [0.25, 0.3) is 0 Å². The van der Waals surface area contributed by atoms with Crippen molar-refractivity contribution in [1.29, 1.82) is 0 Å². The monoisotopic (exact) mass is 298 g/mol. The van der Waals surface area contributed by atoms with Crippen molar-refractivity contribution < 1.29 is 14.6 Å². The third kappa shape index (κ3) is 4.41. The summed E-state index contributed by atoms with van der Waals surface area (Å²) in [6.45, 7) is 7.02. The van der Waals surface area contributed by atoms with Gasteiger partial charge in [-0.15, -0.1) is 0 Å². The zero-order valence-corrected chi connectivity index (χ0v) is 13.6. The van der Waals surface area contributed by atoms with E-state index in [1.807, 2.05) is 0 Å². The van der Waals surface area contributed by atoms with Crippen LogP contribution in [0.1, 0.15) is 46.0 Å². The maximum Gasteiger partial charge on any atom is 0.323 e. The number of hydrogen-bond donors (Lipinski definition) is 2. The van der Waals surface area contributed by atoms with Gasteiger partial charge in [0.05, 0.1) is 6.61 Å². The number of nitrogens with one attached hydrogen (secondary N) is 1. The van der Waals surface area contributed by atoms with Gasteiger partial charge in [0, 0.05) is 32.3 Å². The number of carboxylic acid groups (broad SMARTS) is 1. The summed E-state index contributed by atoms with van der Waals surface area (Å²) >= 11 is 0. The number of rotatable bonds is 9. The quantitative estimate of drug-likeness (QED) is 0.679. The molecule has 2 fully saturated rings. The van der Waals surface area contributed by atoms with Gasteiger partial charge >= 0.3 is 5.97 Å². The van der Waals surface area contributed by atoms with Gasteiger partial charge in [-0.1, -0.05) is 13.8 Å². The maximum atomic E-state index is 11.8. The van der Waals surface area contributed by atoms with Crippen molar-refractivity contribution in [3.05, 3.63) is 0 Å². The van der Waals surface area contributed by atoms with Crippen molar-refractivity contribution in [3.63, 3.8) is 0 Å². The van der Waals surface area contributed by atoms with Crippen molar-refractivity contribution >= 4 is 5.97 Å². The molecule has 2 saturated carbocycles. The van der Waals surface area contributed by atoms with Crippen LogP contribution in [0.2, 0.25) is 0 Å². The fraction of sp³-hybridized carbons (Fsp3) is 0.938. The SMILES string of the molecule is COCCN(CC(C)C)C1CCC(NC2CC2)(C(=O)O)C1. The van der Waals surface area contributed by atoms with Crippen molar-refractivity contribution in [1.82, 2.24) is 10.2 Å². The molecule has 2 N–H and O–H groups in total. The Kier molecular flexibility index (Phi) is 5.63. The van der Waals surface area contributed by atoms with Gasteiger partial charge in [0.15, 0.2) is 0 Å². The highest BCUT2D eigenvalue weighted by Gasteiger charge is 2.49. The van der Waals surface area contributed by atoms with Gasteiger partial charge in [-0.05, 0) is 38.0 Å². The molecule has 0 aromatic rings. The predicted octanol–water partition coefficient (Wildman–Crippen LogP) is 1.72. The molecule has 2 aliphatic carbocycles. The lowest BCUT2D eigenvalue weighted by molar-refractivity contribution is -0.145. The van der Waals surface area contributed by atoms with Crippen LogP contribution < -0.4 is 5.32 Å². The highest BCUT2D eigenvalue weighted by atomic mass is 16.5. The highest BCUT2D eigenvalue weighted by molar-refractivity contribution is 5.79. The van der Waals surface area contributed by atoms with Crippen LogP contribution in [0, 0.1) is 5.92 Å². The van der Waals surface area contributed by atoms with Crippen LogP contribution in [0.15, 0.2) is 0 Å². The minimum atomic E-state index is -0.700. The molecule has 5 nitrogen and oxygen atoms in total. The predicted molar refractivity (Wildman–Crippen MR) is 82.5 cm³/mol. The number of carboxylic acids is 1. The number of aliphatic carboxylic acids is 1. The molecule has 0 aliphatic heterocycles. The Morgan fingerprint density at radius 3 is 2.67 bits per heavy atom. The molecule has 5 heteroatoms. The van der Waals surface area contributed by atoms with Gasteiger partial charge < -0.3 is 9.84 Å². The van der Waals surface area contributed by atoms with Crippen molar-refractivity contribution in [2.45, 2.75) is 63.6 Å². The van der Waals surface area contributed by atoms with E-state index in [1.165, 1.54) is 0 Å². The van der Waals surface area contributed by atoms with Gasteiger partial charge in [-0.25, -0.2) is 0 Å². The molecule has 2 rings (SSSR count). The van der Waals surface area contributed by atoms with Crippen molar-refractivity contribution in [2.75, 3.05) is 26.8 Å². The van der Waals surface area contributed by atoms with Gasteiger partial charge in [0.1, 0.15) is 5.54 Å². The first-order valence-corrected chi connectivity index (χ1v) is 8.21.